The maximum Gasteiger partial charge on any atom is 0.0178 e. The lowest BCUT2D eigenvalue weighted by molar-refractivity contribution is 0.757. The summed E-state index contributed by atoms with van der Waals surface area (Å²) in [5.41, 5.74) is 12.3. The molecule has 0 radical (unpaired) electrons. The molecule has 0 aliphatic carbocycles. The summed E-state index contributed by atoms with van der Waals surface area (Å²) in [6.07, 6.45) is 1.08. The fraction of sp³-hybridized carbons (Fsp3) is 0.333. The topological polar surface area (TPSA) is 26.0 Å². The molecule has 0 aliphatic rings. The summed E-state index contributed by atoms with van der Waals surface area (Å²) in [7, 11) is 0. The quantitative estimate of drug-likeness (QED) is 0.872. The lowest BCUT2D eigenvalue weighted by Gasteiger charge is -2.14. The van der Waals surface area contributed by atoms with Crippen LogP contribution in [0.15, 0.2) is 42.5 Å². The van der Waals surface area contributed by atoms with E-state index in [0.29, 0.717) is 12.5 Å². The SMILES string of the molecule is Cc1cc(C)cc(C(C)Cc2ccc(CN)cc2)c1. The zero-order chi connectivity index (χ0) is 13.8. The van der Waals surface area contributed by atoms with Crippen LogP contribution in [-0.2, 0) is 13.0 Å². The second-order valence-electron chi connectivity index (χ2n) is 5.55. The molecule has 0 saturated heterocycles. The van der Waals surface area contributed by atoms with Crippen molar-refractivity contribution in [3.63, 3.8) is 0 Å². The molecule has 1 atom stereocenters. The summed E-state index contributed by atoms with van der Waals surface area (Å²) in [4.78, 5) is 0. The Morgan fingerprint density at radius 2 is 1.42 bits per heavy atom. The first kappa shape index (κ1) is 13.8. The highest BCUT2D eigenvalue weighted by molar-refractivity contribution is 5.32. The summed E-state index contributed by atoms with van der Waals surface area (Å²) in [5.74, 6) is 0.544. The molecule has 19 heavy (non-hydrogen) atoms. The van der Waals surface area contributed by atoms with Gasteiger partial charge in [-0.2, -0.15) is 0 Å². The largest absolute Gasteiger partial charge is 0.326 e. The van der Waals surface area contributed by atoms with Gasteiger partial charge < -0.3 is 5.73 Å². The third kappa shape index (κ3) is 3.68. The van der Waals surface area contributed by atoms with Gasteiger partial charge in [0.1, 0.15) is 0 Å². The van der Waals surface area contributed by atoms with Gasteiger partial charge in [-0.25, -0.2) is 0 Å². The molecular weight excluding hydrogens is 230 g/mol. The normalized spacial score (nSPS) is 12.4. The standard InChI is InChI=1S/C18H23N/c1-13-8-14(2)10-18(9-13)15(3)11-16-4-6-17(12-19)7-5-16/h4-10,15H,11-12,19H2,1-3H3. The van der Waals surface area contributed by atoms with E-state index in [9.17, 15) is 0 Å². The van der Waals surface area contributed by atoms with Gasteiger partial charge in [0.25, 0.3) is 0 Å². The van der Waals surface area contributed by atoms with Gasteiger partial charge >= 0.3 is 0 Å². The van der Waals surface area contributed by atoms with Crippen LogP contribution >= 0.6 is 0 Å². The van der Waals surface area contributed by atoms with E-state index in [4.69, 9.17) is 5.73 Å². The minimum atomic E-state index is 0.544. The van der Waals surface area contributed by atoms with Gasteiger partial charge in [-0.1, -0.05) is 60.5 Å². The molecule has 1 unspecified atom stereocenters. The maximum absolute atomic E-state index is 5.63. The predicted molar refractivity (Wildman–Crippen MR) is 82.4 cm³/mol. The van der Waals surface area contributed by atoms with E-state index >= 15 is 0 Å². The van der Waals surface area contributed by atoms with Crippen LogP contribution in [0.1, 0.15) is 40.7 Å². The third-order valence-electron chi connectivity index (χ3n) is 3.61. The molecule has 0 amide bonds. The summed E-state index contributed by atoms with van der Waals surface area (Å²) in [6.45, 7) is 7.25. The first-order valence-electron chi connectivity index (χ1n) is 6.94. The van der Waals surface area contributed by atoms with Crippen molar-refractivity contribution < 1.29 is 0 Å². The van der Waals surface area contributed by atoms with Gasteiger partial charge in [-0.3, -0.25) is 0 Å². The molecule has 0 fully saturated rings. The predicted octanol–water partition coefficient (Wildman–Crippen LogP) is 4.11. The number of nitrogens with two attached hydrogens (primary N) is 1. The Hall–Kier alpha value is -1.60. The molecule has 1 nitrogen and oxygen atoms in total. The summed E-state index contributed by atoms with van der Waals surface area (Å²) < 4.78 is 0. The molecule has 0 saturated carbocycles. The van der Waals surface area contributed by atoms with E-state index in [1.54, 1.807) is 0 Å². The van der Waals surface area contributed by atoms with Gasteiger partial charge in [0.15, 0.2) is 0 Å². The van der Waals surface area contributed by atoms with Crippen LogP contribution in [0.4, 0.5) is 0 Å². The Morgan fingerprint density at radius 3 is 1.95 bits per heavy atom. The Labute approximate surface area is 116 Å². The Bertz CT molecular complexity index is 520. The lowest BCUT2D eigenvalue weighted by atomic mass is 9.91. The van der Waals surface area contributed by atoms with Crippen molar-refractivity contribution in [3.8, 4) is 0 Å². The third-order valence-corrected chi connectivity index (χ3v) is 3.61. The Morgan fingerprint density at radius 1 is 0.895 bits per heavy atom. The molecule has 2 aromatic carbocycles. The Kier molecular flexibility index (Phi) is 4.39. The van der Waals surface area contributed by atoms with E-state index < -0.39 is 0 Å². The van der Waals surface area contributed by atoms with Crippen LogP contribution in [0, 0.1) is 13.8 Å². The van der Waals surface area contributed by atoms with Crippen molar-refractivity contribution in [2.45, 2.75) is 39.7 Å². The fourth-order valence-corrected chi connectivity index (χ4v) is 2.58. The monoisotopic (exact) mass is 253 g/mol. The van der Waals surface area contributed by atoms with E-state index in [0.717, 1.165) is 6.42 Å². The maximum atomic E-state index is 5.63. The lowest BCUT2D eigenvalue weighted by Crippen LogP contribution is -2.01. The number of hydrogen-bond donors (Lipinski definition) is 1. The minimum Gasteiger partial charge on any atom is -0.326 e. The number of rotatable bonds is 4. The summed E-state index contributed by atoms with van der Waals surface area (Å²) in [5, 5.41) is 0. The average molecular weight is 253 g/mol. The average Bonchev–Trinajstić information content (AvgIpc) is 2.38. The van der Waals surface area contributed by atoms with Crippen LogP contribution in [0.5, 0.6) is 0 Å². The highest BCUT2D eigenvalue weighted by Crippen LogP contribution is 2.22. The molecule has 0 bridgehead atoms. The summed E-state index contributed by atoms with van der Waals surface area (Å²) >= 11 is 0. The second-order valence-corrected chi connectivity index (χ2v) is 5.55. The molecule has 0 aromatic heterocycles. The molecule has 1 heteroatoms. The van der Waals surface area contributed by atoms with Gasteiger partial charge in [-0.05, 0) is 42.9 Å². The first-order chi connectivity index (χ1) is 9.08. The Balaban J connectivity index is 2.13. The fourth-order valence-electron chi connectivity index (χ4n) is 2.58. The van der Waals surface area contributed by atoms with Crippen LogP contribution in [-0.4, -0.2) is 0 Å². The number of aryl methyl sites for hydroxylation is 2. The second kappa shape index (κ2) is 6.03. The van der Waals surface area contributed by atoms with Crippen LogP contribution < -0.4 is 5.73 Å². The van der Waals surface area contributed by atoms with Crippen LogP contribution in [0.25, 0.3) is 0 Å². The van der Waals surface area contributed by atoms with Gasteiger partial charge in [0.05, 0.1) is 0 Å². The van der Waals surface area contributed by atoms with Crippen molar-refractivity contribution in [3.05, 3.63) is 70.3 Å². The molecule has 0 aliphatic heterocycles. The highest BCUT2D eigenvalue weighted by Gasteiger charge is 2.07. The minimum absolute atomic E-state index is 0.544. The molecular formula is C18H23N. The van der Waals surface area contributed by atoms with E-state index in [1.165, 1.54) is 27.8 Å². The van der Waals surface area contributed by atoms with Gasteiger partial charge in [0, 0.05) is 6.54 Å². The molecule has 2 N–H and O–H groups in total. The van der Waals surface area contributed by atoms with Crippen molar-refractivity contribution in [2.75, 3.05) is 0 Å². The van der Waals surface area contributed by atoms with Gasteiger partial charge in [-0.15, -0.1) is 0 Å². The number of hydrogen-bond acceptors (Lipinski definition) is 1. The number of benzene rings is 2. The van der Waals surface area contributed by atoms with E-state index in [-0.39, 0.29) is 0 Å². The van der Waals surface area contributed by atoms with Crippen molar-refractivity contribution in [1.29, 1.82) is 0 Å². The zero-order valence-electron chi connectivity index (χ0n) is 12.1. The first-order valence-corrected chi connectivity index (χ1v) is 6.94. The van der Waals surface area contributed by atoms with Gasteiger partial charge in [0.2, 0.25) is 0 Å². The zero-order valence-corrected chi connectivity index (χ0v) is 12.1. The molecule has 0 spiro atoms. The smallest absolute Gasteiger partial charge is 0.0178 e. The molecule has 2 aromatic rings. The van der Waals surface area contributed by atoms with Crippen molar-refractivity contribution >= 4 is 0 Å². The molecule has 0 heterocycles. The highest BCUT2D eigenvalue weighted by atomic mass is 14.5. The van der Waals surface area contributed by atoms with E-state index in [1.807, 2.05) is 0 Å². The molecule has 100 valence electrons. The van der Waals surface area contributed by atoms with Crippen molar-refractivity contribution in [2.24, 2.45) is 5.73 Å². The van der Waals surface area contributed by atoms with Crippen LogP contribution in [0.2, 0.25) is 0 Å². The summed E-state index contributed by atoms with van der Waals surface area (Å²) in [6, 6.07) is 15.5. The van der Waals surface area contributed by atoms with Crippen molar-refractivity contribution in [1.82, 2.24) is 0 Å². The van der Waals surface area contributed by atoms with Crippen LogP contribution in [0.3, 0.4) is 0 Å². The molecule has 2 rings (SSSR count). The van der Waals surface area contributed by atoms with E-state index in [2.05, 4.69) is 63.2 Å².